The van der Waals surface area contributed by atoms with Crippen molar-refractivity contribution in [2.75, 3.05) is 24.2 Å². The summed E-state index contributed by atoms with van der Waals surface area (Å²) < 4.78 is 0. The molecule has 1 saturated carbocycles. The first-order chi connectivity index (χ1) is 9.24. The maximum atomic E-state index is 5.81. The molecule has 2 heterocycles. The molecule has 1 fully saturated rings. The Balaban J connectivity index is 1.83. The van der Waals surface area contributed by atoms with E-state index >= 15 is 0 Å². The molecule has 0 unspecified atom stereocenters. The van der Waals surface area contributed by atoms with Crippen LogP contribution >= 0.6 is 11.3 Å². The third kappa shape index (κ3) is 2.66. The lowest BCUT2D eigenvalue weighted by atomic mass is 9.89. The van der Waals surface area contributed by atoms with Gasteiger partial charge in [0.2, 0.25) is 5.95 Å². The van der Waals surface area contributed by atoms with Crippen molar-refractivity contribution in [2.45, 2.75) is 32.1 Å². The monoisotopic (exact) mass is 276 g/mol. The number of hydrogen-bond acceptors (Lipinski definition) is 5. The summed E-state index contributed by atoms with van der Waals surface area (Å²) in [7, 11) is 2.12. The quantitative estimate of drug-likeness (QED) is 0.934. The van der Waals surface area contributed by atoms with Gasteiger partial charge in [-0.05, 0) is 30.2 Å². The molecule has 0 saturated heterocycles. The second kappa shape index (κ2) is 5.33. The molecule has 0 aromatic carbocycles. The number of anilines is 2. The SMILES string of the molecule is CN(CC1CCCCC1)c1nc(N)nc2sccc12. The number of fused-ring (bicyclic) bond motifs is 1. The standard InChI is InChI=1S/C14H20N4S/c1-18(9-10-5-3-2-4-6-10)12-11-7-8-19-13(11)17-14(15)16-12/h7-8,10H,2-6,9H2,1H3,(H2,15,16,17). The fraction of sp³-hybridized carbons (Fsp3) is 0.571. The molecule has 0 radical (unpaired) electrons. The fourth-order valence-corrected chi connectivity index (χ4v) is 3.76. The summed E-state index contributed by atoms with van der Waals surface area (Å²) in [6, 6.07) is 2.09. The molecule has 102 valence electrons. The maximum absolute atomic E-state index is 5.81. The highest BCUT2D eigenvalue weighted by molar-refractivity contribution is 7.16. The summed E-state index contributed by atoms with van der Waals surface area (Å²) in [5.41, 5.74) is 5.81. The molecule has 19 heavy (non-hydrogen) atoms. The van der Waals surface area contributed by atoms with E-state index in [-0.39, 0.29) is 0 Å². The number of nitrogens with two attached hydrogens (primary N) is 1. The molecular formula is C14H20N4S. The number of aromatic nitrogens is 2. The van der Waals surface area contributed by atoms with E-state index in [0.717, 1.165) is 28.5 Å². The summed E-state index contributed by atoms with van der Waals surface area (Å²) in [6.07, 6.45) is 6.83. The minimum absolute atomic E-state index is 0.375. The third-order valence-corrected chi connectivity index (χ3v) is 4.75. The van der Waals surface area contributed by atoms with Crippen LogP contribution in [0.15, 0.2) is 11.4 Å². The van der Waals surface area contributed by atoms with E-state index in [0.29, 0.717) is 5.95 Å². The molecule has 1 aliphatic carbocycles. The van der Waals surface area contributed by atoms with Gasteiger partial charge in [0.1, 0.15) is 10.6 Å². The Labute approximate surface area is 117 Å². The molecule has 2 aromatic rings. The zero-order valence-electron chi connectivity index (χ0n) is 11.3. The van der Waals surface area contributed by atoms with E-state index in [1.54, 1.807) is 11.3 Å². The summed E-state index contributed by atoms with van der Waals surface area (Å²) in [6.45, 7) is 1.07. The highest BCUT2D eigenvalue weighted by atomic mass is 32.1. The Morgan fingerprint density at radius 2 is 2.11 bits per heavy atom. The Morgan fingerprint density at radius 1 is 1.32 bits per heavy atom. The summed E-state index contributed by atoms with van der Waals surface area (Å²) in [5, 5.41) is 3.18. The van der Waals surface area contributed by atoms with Crippen LogP contribution in [0.4, 0.5) is 11.8 Å². The first kappa shape index (κ1) is 12.7. The fourth-order valence-electron chi connectivity index (χ4n) is 2.99. The number of hydrogen-bond donors (Lipinski definition) is 1. The van der Waals surface area contributed by atoms with Gasteiger partial charge in [-0.3, -0.25) is 0 Å². The normalized spacial score (nSPS) is 16.9. The zero-order chi connectivity index (χ0) is 13.2. The second-order valence-electron chi connectivity index (χ2n) is 5.43. The number of nitrogens with zero attached hydrogens (tertiary/aromatic N) is 3. The van der Waals surface area contributed by atoms with Gasteiger partial charge in [-0.2, -0.15) is 4.98 Å². The van der Waals surface area contributed by atoms with E-state index in [1.807, 2.05) is 0 Å². The minimum atomic E-state index is 0.375. The molecule has 0 amide bonds. The summed E-state index contributed by atoms with van der Waals surface area (Å²) in [4.78, 5) is 12.0. The van der Waals surface area contributed by atoms with Gasteiger partial charge in [0.15, 0.2) is 0 Å². The van der Waals surface area contributed by atoms with Crippen LogP contribution < -0.4 is 10.6 Å². The van der Waals surface area contributed by atoms with Crippen LogP contribution in [0, 0.1) is 5.92 Å². The van der Waals surface area contributed by atoms with Crippen LogP contribution in [0.25, 0.3) is 10.2 Å². The summed E-state index contributed by atoms with van der Waals surface area (Å²) >= 11 is 1.62. The topological polar surface area (TPSA) is 55.0 Å². The molecule has 3 rings (SSSR count). The zero-order valence-corrected chi connectivity index (χ0v) is 12.1. The lowest BCUT2D eigenvalue weighted by Crippen LogP contribution is -2.27. The third-order valence-electron chi connectivity index (χ3n) is 3.94. The summed E-state index contributed by atoms with van der Waals surface area (Å²) in [5.74, 6) is 2.15. The maximum Gasteiger partial charge on any atom is 0.223 e. The van der Waals surface area contributed by atoms with Gasteiger partial charge in [0.05, 0.1) is 5.39 Å². The van der Waals surface area contributed by atoms with Crippen LogP contribution in [0.1, 0.15) is 32.1 Å². The molecule has 5 heteroatoms. The van der Waals surface area contributed by atoms with Crippen LogP contribution in [0.2, 0.25) is 0 Å². The Morgan fingerprint density at radius 3 is 2.89 bits per heavy atom. The molecule has 0 aliphatic heterocycles. The van der Waals surface area contributed by atoms with Crippen molar-refractivity contribution in [3.05, 3.63) is 11.4 Å². The van der Waals surface area contributed by atoms with Crippen molar-refractivity contribution in [3.8, 4) is 0 Å². The van der Waals surface area contributed by atoms with Gasteiger partial charge in [-0.25, -0.2) is 4.98 Å². The largest absolute Gasteiger partial charge is 0.368 e. The van der Waals surface area contributed by atoms with E-state index in [2.05, 4.69) is 33.4 Å². The highest BCUT2D eigenvalue weighted by Gasteiger charge is 2.18. The van der Waals surface area contributed by atoms with Crippen molar-refractivity contribution in [1.29, 1.82) is 0 Å². The van der Waals surface area contributed by atoms with E-state index in [1.165, 1.54) is 32.1 Å². The lowest BCUT2D eigenvalue weighted by Gasteiger charge is -2.28. The predicted octanol–water partition coefficient (Wildman–Crippen LogP) is 3.29. The average molecular weight is 276 g/mol. The molecular weight excluding hydrogens is 256 g/mol. The van der Waals surface area contributed by atoms with Crippen molar-refractivity contribution in [1.82, 2.24) is 9.97 Å². The predicted molar refractivity (Wildman–Crippen MR) is 81.7 cm³/mol. The van der Waals surface area contributed by atoms with E-state index < -0.39 is 0 Å². The van der Waals surface area contributed by atoms with Crippen molar-refractivity contribution >= 4 is 33.3 Å². The van der Waals surface area contributed by atoms with Gasteiger partial charge in [-0.15, -0.1) is 11.3 Å². The van der Waals surface area contributed by atoms with Crippen LogP contribution in [-0.4, -0.2) is 23.6 Å². The highest BCUT2D eigenvalue weighted by Crippen LogP contribution is 2.30. The van der Waals surface area contributed by atoms with Crippen molar-refractivity contribution in [2.24, 2.45) is 5.92 Å². The first-order valence-corrected chi connectivity index (χ1v) is 7.84. The molecule has 0 bridgehead atoms. The van der Waals surface area contributed by atoms with Gasteiger partial charge < -0.3 is 10.6 Å². The molecule has 2 N–H and O–H groups in total. The van der Waals surface area contributed by atoms with Gasteiger partial charge in [0.25, 0.3) is 0 Å². The molecule has 0 spiro atoms. The number of nitrogen functional groups attached to an aromatic ring is 1. The lowest BCUT2D eigenvalue weighted by molar-refractivity contribution is 0.362. The number of thiophene rings is 1. The van der Waals surface area contributed by atoms with Crippen LogP contribution in [0.3, 0.4) is 0 Å². The van der Waals surface area contributed by atoms with Crippen molar-refractivity contribution < 1.29 is 0 Å². The van der Waals surface area contributed by atoms with E-state index in [9.17, 15) is 0 Å². The Bertz CT molecular complexity index is 560. The molecule has 0 atom stereocenters. The minimum Gasteiger partial charge on any atom is -0.368 e. The van der Waals surface area contributed by atoms with Crippen LogP contribution in [-0.2, 0) is 0 Å². The van der Waals surface area contributed by atoms with Crippen LogP contribution in [0.5, 0.6) is 0 Å². The van der Waals surface area contributed by atoms with Gasteiger partial charge in [-0.1, -0.05) is 19.3 Å². The Hall–Kier alpha value is -1.36. The Kier molecular flexibility index (Phi) is 3.55. The van der Waals surface area contributed by atoms with Gasteiger partial charge >= 0.3 is 0 Å². The molecule has 1 aliphatic rings. The smallest absolute Gasteiger partial charge is 0.223 e. The molecule has 4 nitrogen and oxygen atoms in total. The van der Waals surface area contributed by atoms with Gasteiger partial charge in [0, 0.05) is 13.6 Å². The first-order valence-electron chi connectivity index (χ1n) is 6.96. The number of rotatable bonds is 3. The van der Waals surface area contributed by atoms with Crippen molar-refractivity contribution in [3.63, 3.8) is 0 Å². The van der Waals surface area contributed by atoms with E-state index in [4.69, 9.17) is 5.73 Å². The molecule has 2 aromatic heterocycles. The average Bonchev–Trinajstić information content (AvgIpc) is 2.86. The second-order valence-corrected chi connectivity index (χ2v) is 6.32.